The molecule has 64 heavy (non-hydrogen) atoms. The Kier molecular flexibility index (Phi) is 11.3. The minimum atomic E-state index is -1.09. The molecule has 0 saturated carbocycles. The number of amides is 2. The topological polar surface area (TPSA) is 242 Å². The molecular weight excluding hydrogens is 859 g/mol. The van der Waals surface area contributed by atoms with E-state index in [1.54, 1.807) is 114 Å². The maximum atomic E-state index is 15.4. The third-order valence-corrected chi connectivity index (χ3v) is 12.1. The van der Waals surface area contributed by atoms with E-state index in [1.165, 1.54) is 9.13 Å². The zero-order chi connectivity index (χ0) is 46.3. The SMILES string of the molecule is CC(C)(C)OC(=O)n1c(-c2ccc(Cl)c3c2C(C(=O)C2NCc4c(Cl)ccc(-c5cc6cc(C(N)C(N)=O)ccc6n5C(=O)OC(C)(C)C)c42)NC3)cc2cc(C(N)C(N)=O)ccc21. The predicted molar refractivity (Wildman–Crippen MR) is 244 cm³/mol. The van der Waals surface area contributed by atoms with Gasteiger partial charge < -0.3 is 32.4 Å². The van der Waals surface area contributed by atoms with Crippen molar-refractivity contribution in [3.8, 4) is 22.5 Å². The van der Waals surface area contributed by atoms with Crippen molar-refractivity contribution in [3.05, 3.63) is 116 Å². The summed E-state index contributed by atoms with van der Waals surface area (Å²) in [4.78, 5) is 67.8. The quantitative estimate of drug-likeness (QED) is 0.0883. The van der Waals surface area contributed by atoms with Gasteiger partial charge in [-0.2, -0.15) is 0 Å². The van der Waals surface area contributed by atoms with E-state index in [2.05, 4.69) is 10.6 Å². The van der Waals surface area contributed by atoms with E-state index in [9.17, 15) is 19.2 Å². The van der Waals surface area contributed by atoms with Crippen LogP contribution in [0.3, 0.4) is 0 Å². The molecule has 4 atom stereocenters. The number of halogens is 2. The third kappa shape index (κ3) is 7.92. The van der Waals surface area contributed by atoms with Crippen LogP contribution in [0.2, 0.25) is 10.0 Å². The lowest BCUT2D eigenvalue weighted by atomic mass is 9.87. The molecule has 2 aliphatic rings. The highest BCUT2D eigenvalue weighted by Gasteiger charge is 2.42. The smallest absolute Gasteiger partial charge is 0.419 e. The number of rotatable bonds is 8. The molecular formula is C47H48Cl2N8O7. The highest BCUT2D eigenvalue weighted by molar-refractivity contribution is 6.32. The lowest BCUT2D eigenvalue weighted by Gasteiger charge is -2.24. The van der Waals surface area contributed by atoms with E-state index in [0.717, 1.165) is 0 Å². The Morgan fingerprint density at radius 2 is 0.984 bits per heavy atom. The second-order valence-electron chi connectivity index (χ2n) is 18.1. The first kappa shape index (κ1) is 44.5. The van der Waals surface area contributed by atoms with Gasteiger partial charge in [-0.3, -0.25) is 25.0 Å². The van der Waals surface area contributed by atoms with Crippen LogP contribution in [0, 0.1) is 0 Å². The lowest BCUT2D eigenvalue weighted by molar-refractivity contribution is -0.123. The monoisotopic (exact) mass is 906 g/mol. The molecule has 6 aromatic rings. The minimum Gasteiger partial charge on any atom is -0.443 e. The lowest BCUT2D eigenvalue weighted by Crippen LogP contribution is -2.32. The second-order valence-corrected chi connectivity index (χ2v) is 18.9. The van der Waals surface area contributed by atoms with Crippen molar-refractivity contribution in [1.29, 1.82) is 0 Å². The fourth-order valence-corrected chi connectivity index (χ4v) is 9.06. The summed E-state index contributed by atoms with van der Waals surface area (Å²) in [5.74, 6) is -1.72. The number of ketones is 1. The zero-order valence-electron chi connectivity index (χ0n) is 36.0. The normalized spacial score (nSPS) is 17.0. The molecule has 8 rings (SSSR count). The number of benzene rings is 4. The molecule has 2 amide bonds. The van der Waals surface area contributed by atoms with Crippen molar-refractivity contribution in [2.24, 2.45) is 22.9 Å². The highest BCUT2D eigenvalue weighted by Crippen LogP contribution is 2.47. The summed E-state index contributed by atoms with van der Waals surface area (Å²) in [5.41, 5.74) is 27.8. The zero-order valence-corrected chi connectivity index (χ0v) is 37.5. The molecule has 0 spiro atoms. The number of carbonyl (C=O) groups excluding carboxylic acids is 5. The maximum Gasteiger partial charge on any atom is 0.419 e. The molecule has 0 aliphatic carbocycles. The van der Waals surface area contributed by atoms with Crippen LogP contribution in [-0.4, -0.2) is 50.1 Å². The van der Waals surface area contributed by atoms with E-state index in [1.807, 2.05) is 0 Å². The summed E-state index contributed by atoms with van der Waals surface area (Å²) >= 11 is 13.8. The average molecular weight is 908 g/mol. The summed E-state index contributed by atoms with van der Waals surface area (Å²) in [5, 5.41) is 8.74. The molecule has 2 aromatic heterocycles. The molecule has 0 saturated heterocycles. The van der Waals surface area contributed by atoms with Gasteiger partial charge in [-0.05, 0) is 123 Å². The van der Waals surface area contributed by atoms with Crippen molar-refractivity contribution >= 4 is 74.8 Å². The van der Waals surface area contributed by atoms with Crippen molar-refractivity contribution in [1.82, 2.24) is 19.8 Å². The largest absolute Gasteiger partial charge is 0.443 e. The van der Waals surface area contributed by atoms with Gasteiger partial charge in [-0.1, -0.05) is 47.5 Å². The fraction of sp³-hybridized carbons (Fsp3) is 0.298. The van der Waals surface area contributed by atoms with Crippen molar-refractivity contribution < 1.29 is 33.4 Å². The van der Waals surface area contributed by atoms with Gasteiger partial charge in [0.2, 0.25) is 11.8 Å². The van der Waals surface area contributed by atoms with Crippen LogP contribution >= 0.6 is 23.2 Å². The van der Waals surface area contributed by atoms with Gasteiger partial charge >= 0.3 is 12.2 Å². The Balaban J connectivity index is 1.28. The number of Topliss-reactive ketones (excluding diaryl/α,β-unsaturated/α-hetero) is 1. The van der Waals surface area contributed by atoms with Crippen LogP contribution < -0.4 is 33.6 Å². The van der Waals surface area contributed by atoms with Gasteiger partial charge in [0.05, 0.1) is 34.5 Å². The summed E-state index contributed by atoms with van der Waals surface area (Å²) in [7, 11) is 0. The molecule has 17 heteroatoms. The number of hydrogen-bond donors (Lipinski definition) is 6. The summed E-state index contributed by atoms with van der Waals surface area (Å²) in [6.45, 7) is 11.0. The summed E-state index contributed by atoms with van der Waals surface area (Å²) < 4.78 is 14.7. The number of aromatic nitrogens is 2. The van der Waals surface area contributed by atoms with Gasteiger partial charge in [0, 0.05) is 45.0 Å². The number of nitrogens with one attached hydrogen (secondary N) is 2. The van der Waals surface area contributed by atoms with Crippen LogP contribution in [0.5, 0.6) is 0 Å². The van der Waals surface area contributed by atoms with Gasteiger partial charge in [0.25, 0.3) is 0 Å². The first-order valence-corrected chi connectivity index (χ1v) is 21.3. The van der Waals surface area contributed by atoms with Gasteiger partial charge in [-0.15, -0.1) is 0 Å². The molecule has 15 nitrogen and oxygen atoms in total. The fourth-order valence-electron chi connectivity index (χ4n) is 8.59. The number of nitrogens with two attached hydrogens (primary N) is 4. The number of nitrogens with zero attached hydrogens (tertiary/aromatic N) is 2. The Bertz CT molecular complexity index is 2780. The van der Waals surface area contributed by atoms with Crippen LogP contribution in [-0.2, 0) is 36.9 Å². The Hall–Kier alpha value is -6.07. The van der Waals surface area contributed by atoms with E-state index in [4.69, 9.17) is 55.6 Å². The van der Waals surface area contributed by atoms with E-state index in [0.29, 0.717) is 87.7 Å². The van der Waals surface area contributed by atoms with Crippen molar-refractivity contribution in [2.45, 2.75) is 90.0 Å². The van der Waals surface area contributed by atoms with Crippen LogP contribution in [0.15, 0.2) is 72.8 Å². The Morgan fingerprint density at radius 1 is 0.609 bits per heavy atom. The Labute approximate surface area is 378 Å². The molecule has 2 aliphatic heterocycles. The summed E-state index contributed by atoms with van der Waals surface area (Å²) in [6, 6.07) is 16.4. The second kappa shape index (κ2) is 16.2. The first-order chi connectivity index (χ1) is 30.0. The van der Waals surface area contributed by atoms with Crippen molar-refractivity contribution in [3.63, 3.8) is 0 Å². The molecule has 10 N–H and O–H groups in total. The standard InChI is InChI=1S/C47H48Cl2N8O7/c1-46(2,3)63-44(61)56-31-13-7-21(37(50)42(52)59)15-23(31)17-33(56)25-9-11-29(48)27-19-54-39(35(25)27)41(58)40-36-26(10-12-30(49)28(36)20-55-40)34-18-24-16-22(38(51)43(53)60)8-14-32(24)57(34)45(62)64-47(4,5)6/h7-18,37-40,54-55H,19-20,50-51H2,1-6H3,(H2,52,59)(H2,53,60). The molecule has 332 valence electrons. The molecule has 4 unspecified atom stereocenters. The number of ether oxygens (including phenoxy) is 2. The van der Waals surface area contributed by atoms with E-state index in [-0.39, 0.29) is 18.9 Å². The van der Waals surface area contributed by atoms with Gasteiger partial charge in [0.15, 0.2) is 5.78 Å². The molecule has 4 aromatic carbocycles. The average Bonchev–Trinajstić information content (AvgIpc) is 4.02. The third-order valence-electron chi connectivity index (χ3n) is 11.4. The number of primary amides is 2. The minimum absolute atomic E-state index is 0.229. The number of carbonyl (C=O) groups is 5. The van der Waals surface area contributed by atoms with Gasteiger partial charge in [-0.25, -0.2) is 18.7 Å². The molecule has 4 heterocycles. The Morgan fingerprint density at radius 3 is 1.33 bits per heavy atom. The molecule has 0 fully saturated rings. The van der Waals surface area contributed by atoms with Gasteiger partial charge in [0.1, 0.15) is 23.3 Å². The molecule has 0 radical (unpaired) electrons. The summed E-state index contributed by atoms with van der Waals surface area (Å²) in [6.07, 6.45) is -1.34. The highest BCUT2D eigenvalue weighted by atomic mass is 35.5. The van der Waals surface area contributed by atoms with Crippen LogP contribution in [0.25, 0.3) is 44.3 Å². The van der Waals surface area contributed by atoms with E-state index >= 15 is 4.79 Å². The van der Waals surface area contributed by atoms with Crippen molar-refractivity contribution in [2.75, 3.05) is 0 Å². The molecule has 0 bridgehead atoms. The number of fused-ring (bicyclic) bond motifs is 4. The van der Waals surface area contributed by atoms with Crippen LogP contribution in [0.4, 0.5) is 9.59 Å². The number of hydrogen-bond acceptors (Lipinski definition) is 11. The van der Waals surface area contributed by atoms with Crippen LogP contribution in [0.1, 0.15) is 99.1 Å². The first-order valence-electron chi connectivity index (χ1n) is 20.6. The maximum absolute atomic E-state index is 15.4. The van der Waals surface area contributed by atoms with E-state index < -0.39 is 59.4 Å². The predicted octanol–water partition coefficient (Wildman–Crippen LogP) is 7.33.